The molecule has 2 nitrogen and oxygen atoms in total. The highest BCUT2D eigenvalue weighted by Gasteiger charge is 2.52. The van der Waals surface area contributed by atoms with E-state index in [4.69, 9.17) is 0 Å². The largest absolute Gasteiger partial charge is 0.388 e. The van der Waals surface area contributed by atoms with E-state index < -0.39 is 11.0 Å². The normalized spacial score (nSPS) is 31.5. The molecule has 1 N–H and O–H groups in total. The zero-order chi connectivity index (χ0) is 11.5. The van der Waals surface area contributed by atoms with Crippen LogP contribution in [-0.4, -0.2) is 10.7 Å². The van der Waals surface area contributed by atoms with E-state index >= 15 is 0 Å². The molecule has 15 heavy (non-hydrogen) atoms. The Morgan fingerprint density at radius 1 is 1.40 bits per heavy atom. The summed E-state index contributed by atoms with van der Waals surface area (Å²) in [6.07, 6.45) is 5.37. The predicted molar refractivity (Wildman–Crippen MR) is 61.2 cm³/mol. The molecule has 1 rings (SSSR count). The number of rotatable bonds is 4. The Hall–Kier alpha value is -0.550. The van der Waals surface area contributed by atoms with Gasteiger partial charge in [-0.25, -0.2) is 0 Å². The van der Waals surface area contributed by atoms with Gasteiger partial charge in [0.25, 0.3) is 0 Å². The zero-order valence-corrected chi connectivity index (χ0v) is 10.2. The van der Waals surface area contributed by atoms with Crippen molar-refractivity contribution in [2.24, 2.45) is 11.3 Å². The molecule has 0 bridgehead atoms. The smallest absolute Gasteiger partial charge is 0.0862 e. The van der Waals surface area contributed by atoms with Crippen molar-refractivity contribution >= 4 is 0 Å². The maximum atomic E-state index is 10.6. The molecular weight excluding hydrogens is 186 g/mol. The highest BCUT2D eigenvalue weighted by atomic mass is 16.3. The van der Waals surface area contributed by atoms with E-state index in [0.29, 0.717) is 18.8 Å². The molecule has 0 aliphatic heterocycles. The Kier molecular flexibility index (Phi) is 3.78. The van der Waals surface area contributed by atoms with Crippen molar-refractivity contribution in [2.45, 2.75) is 64.9 Å². The first-order chi connectivity index (χ1) is 7.07. The summed E-state index contributed by atoms with van der Waals surface area (Å²) in [6.45, 7) is 6.15. The lowest BCUT2D eigenvalue weighted by Gasteiger charge is -2.39. The fourth-order valence-electron chi connectivity index (χ4n) is 3.05. The first kappa shape index (κ1) is 12.5. The second kappa shape index (κ2) is 4.53. The van der Waals surface area contributed by atoms with Crippen LogP contribution in [0.15, 0.2) is 0 Å². The van der Waals surface area contributed by atoms with Crippen molar-refractivity contribution in [3.63, 3.8) is 0 Å². The molecule has 0 radical (unpaired) electrons. The number of hydrogen-bond donors (Lipinski definition) is 1. The Bertz CT molecular complexity index is 252. The van der Waals surface area contributed by atoms with E-state index in [1.165, 1.54) is 0 Å². The van der Waals surface area contributed by atoms with Gasteiger partial charge in [-0.3, -0.25) is 0 Å². The Morgan fingerprint density at radius 3 is 2.33 bits per heavy atom. The van der Waals surface area contributed by atoms with Gasteiger partial charge < -0.3 is 5.11 Å². The molecule has 2 heteroatoms. The Morgan fingerprint density at radius 2 is 2.00 bits per heavy atom. The third-order valence-corrected chi connectivity index (χ3v) is 4.47. The van der Waals surface area contributed by atoms with Crippen LogP contribution in [0.2, 0.25) is 0 Å². The van der Waals surface area contributed by atoms with Gasteiger partial charge in [-0.15, -0.1) is 0 Å². The summed E-state index contributed by atoms with van der Waals surface area (Å²) in [7, 11) is 0. The number of aliphatic hydroxyl groups is 1. The maximum absolute atomic E-state index is 10.6. The van der Waals surface area contributed by atoms with E-state index in [-0.39, 0.29) is 0 Å². The lowest BCUT2D eigenvalue weighted by atomic mass is 9.68. The summed E-state index contributed by atoms with van der Waals surface area (Å²) in [5.74, 6) is 0.634. The van der Waals surface area contributed by atoms with E-state index in [9.17, 15) is 10.4 Å². The van der Waals surface area contributed by atoms with Crippen molar-refractivity contribution < 1.29 is 5.11 Å². The molecule has 0 amide bonds. The van der Waals surface area contributed by atoms with Gasteiger partial charge in [0, 0.05) is 0 Å². The molecule has 2 atom stereocenters. The monoisotopic (exact) mass is 209 g/mol. The lowest BCUT2D eigenvalue weighted by molar-refractivity contribution is -0.0609. The summed E-state index contributed by atoms with van der Waals surface area (Å²) >= 11 is 0. The van der Waals surface area contributed by atoms with E-state index in [1.54, 1.807) is 0 Å². The van der Waals surface area contributed by atoms with Crippen molar-refractivity contribution in [3.8, 4) is 6.07 Å². The third-order valence-electron chi connectivity index (χ3n) is 4.47. The maximum Gasteiger partial charge on any atom is 0.0862 e. The van der Waals surface area contributed by atoms with Crippen LogP contribution in [0.25, 0.3) is 0 Å². The van der Waals surface area contributed by atoms with Crippen molar-refractivity contribution in [1.29, 1.82) is 5.26 Å². The lowest BCUT2D eigenvalue weighted by Crippen LogP contribution is -2.45. The molecule has 0 spiro atoms. The molecule has 1 aliphatic carbocycles. The second-order valence-electron chi connectivity index (χ2n) is 4.95. The zero-order valence-electron chi connectivity index (χ0n) is 10.2. The van der Waals surface area contributed by atoms with Gasteiger partial charge in [0.1, 0.15) is 0 Å². The summed E-state index contributed by atoms with van der Waals surface area (Å²) in [4.78, 5) is 0. The van der Waals surface area contributed by atoms with Gasteiger partial charge in [-0.2, -0.15) is 5.26 Å². The summed E-state index contributed by atoms with van der Waals surface area (Å²) < 4.78 is 0. The summed E-state index contributed by atoms with van der Waals surface area (Å²) in [5, 5.41) is 20.0. The van der Waals surface area contributed by atoms with Crippen LogP contribution in [0.3, 0.4) is 0 Å². The standard InChI is InChI=1S/C13H23NO/c1-4-11-7-8-12(9-11,10-14)13(15,5-2)6-3/h11,15H,4-9H2,1-3H3. The second-order valence-corrected chi connectivity index (χ2v) is 4.95. The minimum Gasteiger partial charge on any atom is -0.388 e. The summed E-state index contributed by atoms with van der Waals surface area (Å²) in [5.41, 5.74) is -1.25. The molecule has 0 aromatic carbocycles. The predicted octanol–water partition coefficient (Wildman–Crippen LogP) is 3.26. The minimum absolute atomic E-state index is 0.475. The first-order valence-corrected chi connectivity index (χ1v) is 6.21. The van der Waals surface area contributed by atoms with Crippen LogP contribution >= 0.6 is 0 Å². The van der Waals surface area contributed by atoms with Crippen molar-refractivity contribution in [2.75, 3.05) is 0 Å². The van der Waals surface area contributed by atoms with Crippen LogP contribution in [0, 0.1) is 22.7 Å². The Labute approximate surface area is 93.3 Å². The van der Waals surface area contributed by atoms with Crippen LogP contribution in [0.4, 0.5) is 0 Å². The molecule has 2 unspecified atom stereocenters. The van der Waals surface area contributed by atoms with Crippen LogP contribution in [0.5, 0.6) is 0 Å². The molecule has 1 fully saturated rings. The van der Waals surface area contributed by atoms with Gasteiger partial charge in [0.05, 0.1) is 17.1 Å². The molecule has 0 aromatic heterocycles. The number of nitrogens with zero attached hydrogens (tertiary/aromatic N) is 1. The quantitative estimate of drug-likeness (QED) is 0.772. The van der Waals surface area contributed by atoms with Gasteiger partial charge in [-0.1, -0.05) is 27.2 Å². The summed E-state index contributed by atoms with van der Waals surface area (Å²) in [6, 6.07) is 2.43. The average molecular weight is 209 g/mol. The number of nitriles is 1. The SMILES string of the molecule is CCC1CCC(C#N)(C(O)(CC)CC)C1. The van der Waals surface area contributed by atoms with E-state index in [0.717, 1.165) is 25.7 Å². The Balaban J connectivity index is 2.92. The molecule has 0 aromatic rings. The van der Waals surface area contributed by atoms with E-state index in [1.807, 2.05) is 13.8 Å². The van der Waals surface area contributed by atoms with Crippen molar-refractivity contribution in [1.82, 2.24) is 0 Å². The third kappa shape index (κ3) is 1.90. The fourth-order valence-corrected chi connectivity index (χ4v) is 3.05. The highest BCUT2D eigenvalue weighted by Crippen LogP contribution is 2.51. The molecule has 1 saturated carbocycles. The van der Waals surface area contributed by atoms with Crippen molar-refractivity contribution in [3.05, 3.63) is 0 Å². The average Bonchev–Trinajstić information content (AvgIpc) is 2.73. The number of hydrogen-bond acceptors (Lipinski definition) is 2. The van der Waals surface area contributed by atoms with E-state index in [2.05, 4.69) is 13.0 Å². The van der Waals surface area contributed by atoms with Crippen LogP contribution in [-0.2, 0) is 0 Å². The van der Waals surface area contributed by atoms with Gasteiger partial charge in [-0.05, 0) is 38.0 Å². The molecule has 0 heterocycles. The molecular formula is C13H23NO. The van der Waals surface area contributed by atoms with Crippen LogP contribution < -0.4 is 0 Å². The van der Waals surface area contributed by atoms with Gasteiger partial charge >= 0.3 is 0 Å². The fraction of sp³-hybridized carbons (Fsp3) is 0.923. The van der Waals surface area contributed by atoms with Gasteiger partial charge in [0.2, 0.25) is 0 Å². The highest BCUT2D eigenvalue weighted by molar-refractivity contribution is 5.14. The molecule has 1 aliphatic rings. The van der Waals surface area contributed by atoms with Crippen LogP contribution in [0.1, 0.15) is 59.3 Å². The molecule has 0 saturated heterocycles. The minimum atomic E-state index is -0.772. The topological polar surface area (TPSA) is 44.0 Å². The first-order valence-electron chi connectivity index (χ1n) is 6.21. The molecule has 86 valence electrons. The van der Waals surface area contributed by atoms with Gasteiger partial charge in [0.15, 0.2) is 0 Å².